The van der Waals surface area contributed by atoms with E-state index in [1.54, 1.807) is 37.6 Å². The Bertz CT molecular complexity index is 1590. The Morgan fingerprint density at radius 2 is 1.62 bits per heavy atom. The van der Waals surface area contributed by atoms with Crippen molar-refractivity contribution in [2.75, 3.05) is 20.3 Å². The first kappa shape index (κ1) is 26.6. The number of aromatic nitrogens is 4. The summed E-state index contributed by atoms with van der Waals surface area (Å²) in [6.07, 6.45) is 2.13. The van der Waals surface area contributed by atoms with E-state index < -0.39 is 11.7 Å². The molecule has 39 heavy (non-hydrogen) atoms. The number of hydrogen-bond donors (Lipinski definition) is 4. The number of benzene rings is 3. The number of nitrogens with one attached hydrogen (secondary N) is 2. The van der Waals surface area contributed by atoms with Crippen LogP contribution in [-0.2, 0) is 6.42 Å². The molecular formula is C29H27IN4O5. The summed E-state index contributed by atoms with van der Waals surface area (Å²) in [5, 5.41) is 20.3. The SMILES string of the molecule is COc1ccc(C[C@@H](c2ncc(-c3ccc(I)cc3)[nH]2)n2c(O)c(-c3ccc(OCCO)cc3)[nH]c2=O)cc1. The number of ether oxygens (including phenoxy) is 2. The van der Waals surface area contributed by atoms with E-state index in [-0.39, 0.29) is 24.8 Å². The van der Waals surface area contributed by atoms with Gasteiger partial charge in [-0.3, -0.25) is 4.57 Å². The molecule has 0 saturated heterocycles. The van der Waals surface area contributed by atoms with E-state index in [2.05, 4.69) is 37.5 Å². The number of hydrogen-bond acceptors (Lipinski definition) is 6. The predicted octanol–water partition coefficient (Wildman–Crippen LogP) is 4.76. The van der Waals surface area contributed by atoms with Crippen molar-refractivity contribution in [1.82, 2.24) is 19.5 Å². The fourth-order valence-corrected chi connectivity index (χ4v) is 4.75. The van der Waals surface area contributed by atoms with Gasteiger partial charge in [-0.2, -0.15) is 0 Å². The van der Waals surface area contributed by atoms with Gasteiger partial charge in [-0.05, 0) is 82.2 Å². The van der Waals surface area contributed by atoms with Gasteiger partial charge in [0.15, 0.2) is 0 Å². The molecule has 200 valence electrons. The molecule has 0 aliphatic heterocycles. The number of halogens is 1. The van der Waals surface area contributed by atoms with Gasteiger partial charge in [-0.25, -0.2) is 9.78 Å². The number of aromatic amines is 2. The van der Waals surface area contributed by atoms with Gasteiger partial charge in [0.25, 0.3) is 0 Å². The summed E-state index contributed by atoms with van der Waals surface area (Å²) in [7, 11) is 1.61. The van der Waals surface area contributed by atoms with Gasteiger partial charge < -0.3 is 29.7 Å². The normalized spacial score (nSPS) is 11.9. The molecule has 0 radical (unpaired) electrons. The molecule has 0 spiro atoms. The lowest BCUT2D eigenvalue weighted by molar-refractivity contribution is 0.201. The van der Waals surface area contributed by atoms with Crippen LogP contribution >= 0.6 is 22.6 Å². The van der Waals surface area contributed by atoms with E-state index in [0.717, 1.165) is 26.1 Å². The van der Waals surface area contributed by atoms with Gasteiger partial charge in [0.1, 0.15) is 35.7 Å². The van der Waals surface area contributed by atoms with Crippen LogP contribution in [0, 0.1) is 3.57 Å². The molecule has 0 bridgehead atoms. The summed E-state index contributed by atoms with van der Waals surface area (Å²) in [5.41, 5.74) is 3.15. The maximum absolute atomic E-state index is 13.3. The number of aromatic hydroxyl groups is 1. The summed E-state index contributed by atoms with van der Waals surface area (Å²) in [4.78, 5) is 24.1. The average Bonchev–Trinajstić information content (AvgIpc) is 3.56. The smallest absolute Gasteiger partial charge is 0.329 e. The monoisotopic (exact) mass is 638 g/mol. The van der Waals surface area contributed by atoms with Crippen LogP contribution in [0.15, 0.2) is 83.8 Å². The van der Waals surface area contributed by atoms with Gasteiger partial charge in [0, 0.05) is 15.6 Å². The van der Waals surface area contributed by atoms with Crippen molar-refractivity contribution in [3.05, 3.63) is 104 Å². The molecule has 2 aromatic heterocycles. The molecule has 0 aliphatic carbocycles. The summed E-state index contributed by atoms with van der Waals surface area (Å²) in [6, 6.07) is 21.9. The van der Waals surface area contributed by atoms with Crippen molar-refractivity contribution in [1.29, 1.82) is 0 Å². The first-order valence-electron chi connectivity index (χ1n) is 12.3. The highest BCUT2D eigenvalue weighted by molar-refractivity contribution is 14.1. The molecule has 0 saturated carbocycles. The first-order chi connectivity index (χ1) is 19.0. The molecule has 10 heteroatoms. The lowest BCUT2D eigenvalue weighted by Crippen LogP contribution is -2.25. The van der Waals surface area contributed by atoms with E-state index in [1.165, 1.54) is 4.57 Å². The molecule has 0 fully saturated rings. The Morgan fingerprint density at radius 3 is 2.28 bits per heavy atom. The van der Waals surface area contributed by atoms with Gasteiger partial charge in [0.05, 0.1) is 25.6 Å². The van der Waals surface area contributed by atoms with Crippen molar-refractivity contribution in [2.24, 2.45) is 0 Å². The molecule has 2 heterocycles. The molecule has 3 aromatic carbocycles. The number of nitrogens with zero attached hydrogens (tertiary/aromatic N) is 2. The zero-order valence-corrected chi connectivity index (χ0v) is 23.3. The zero-order chi connectivity index (χ0) is 27.4. The van der Waals surface area contributed by atoms with Gasteiger partial charge >= 0.3 is 5.69 Å². The topological polar surface area (TPSA) is 125 Å². The van der Waals surface area contributed by atoms with E-state index >= 15 is 0 Å². The summed E-state index contributed by atoms with van der Waals surface area (Å²) < 4.78 is 13.2. The summed E-state index contributed by atoms with van der Waals surface area (Å²) in [6.45, 7) is 0.0879. The maximum atomic E-state index is 13.3. The van der Waals surface area contributed by atoms with Crippen LogP contribution in [0.2, 0.25) is 0 Å². The van der Waals surface area contributed by atoms with E-state index in [0.29, 0.717) is 23.6 Å². The van der Waals surface area contributed by atoms with Crippen molar-refractivity contribution >= 4 is 22.6 Å². The Balaban J connectivity index is 1.54. The highest BCUT2D eigenvalue weighted by atomic mass is 127. The fraction of sp³-hybridized carbons (Fsp3) is 0.172. The van der Waals surface area contributed by atoms with Crippen molar-refractivity contribution in [2.45, 2.75) is 12.5 Å². The lowest BCUT2D eigenvalue weighted by Gasteiger charge is -2.17. The predicted molar refractivity (Wildman–Crippen MR) is 156 cm³/mol. The van der Waals surface area contributed by atoms with E-state index in [4.69, 9.17) is 14.6 Å². The van der Waals surface area contributed by atoms with Crippen molar-refractivity contribution in [3.63, 3.8) is 0 Å². The molecular weight excluding hydrogens is 611 g/mol. The second-order valence-corrected chi connectivity index (χ2v) is 10.1. The van der Waals surface area contributed by atoms with Crippen LogP contribution in [0.1, 0.15) is 17.4 Å². The third-order valence-corrected chi connectivity index (χ3v) is 7.09. The second-order valence-electron chi connectivity index (χ2n) is 8.85. The molecule has 0 unspecified atom stereocenters. The highest BCUT2D eigenvalue weighted by Gasteiger charge is 2.26. The van der Waals surface area contributed by atoms with Gasteiger partial charge in [0.2, 0.25) is 5.88 Å². The van der Waals surface area contributed by atoms with Crippen LogP contribution in [0.25, 0.3) is 22.5 Å². The Kier molecular flexibility index (Phi) is 8.03. The molecule has 9 nitrogen and oxygen atoms in total. The van der Waals surface area contributed by atoms with Crippen LogP contribution in [0.5, 0.6) is 17.4 Å². The maximum Gasteiger partial charge on any atom is 0.329 e. The van der Waals surface area contributed by atoms with Crippen LogP contribution in [-0.4, -0.2) is 50.1 Å². The zero-order valence-electron chi connectivity index (χ0n) is 21.1. The summed E-state index contributed by atoms with van der Waals surface area (Å²) >= 11 is 2.26. The fourth-order valence-electron chi connectivity index (χ4n) is 4.39. The lowest BCUT2D eigenvalue weighted by atomic mass is 10.0. The number of aliphatic hydroxyl groups is 1. The van der Waals surface area contributed by atoms with Crippen LogP contribution in [0.3, 0.4) is 0 Å². The first-order valence-corrected chi connectivity index (χ1v) is 13.4. The third kappa shape index (κ3) is 5.86. The Labute approximate surface area is 238 Å². The van der Waals surface area contributed by atoms with Gasteiger partial charge in [-0.1, -0.05) is 24.3 Å². The number of rotatable bonds is 10. The molecule has 0 amide bonds. The second kappa shape index (κ2) is 11.8. The number of imidazole rings is 2. The van der Waals surface area contributed by atoms with Crippen LogP contribution in [0.4, 0.5) is 0 Å². The minimum Gasteiger partial charge on any atom is -0.497 e. The van der Waals surface area contributed by atoms with E-state index in [1.807, 2.05) is 48.5 Å². The third-order valence-electron chi connectivity index (χ3n) is 6.37. The summed E-state index contributed by atoms with van der Waals surface area (Å²) in [5.74, 6) is 1.64. The number of methoxy groups -OCH3 is 1. The molecule has 4 N–H and O–H groups in total. The quantitative estimate of drug-likeness (QED) is 0.164. The Hall–Kier alpha value is -4.03. The van der Waals surface area contributed by atoms with E-state index in [9.17, 15) is 9.90 Å². The molecule has 0 aliphatic rings. The van der Waals surface area contributed by atoms with Crippen LogP contribution < -0.4 is 15.2 Å². The average molecular weight is 638 g/mol. The molecule has 5 rings (SSSR count). The standard InChI is InChI=1S/C29H27IN4O5/c1-38-22-10-2-18(3-11-22)16-25(27-31-17-24(32-27)19-4-8-21(30)9-5-19)34-28(36)26(33-29(34)37)20-6-12-23(13-7-20)39-15-14-35/h2-13,17,25,35-36H,14-16H2,1H3,(H,31,32)(H,33,37)/t25-/m0/s1. The van der Waals surface area contributed by atoms with Crippen molar-refractivity contribution in [3.8, 4) is 39.9 Å². The largest absolute Gasteiger partial charge is 0.497 e. The minimum absolute atomic E-state index is 0.0909. The van der Waals surface area contributed by atoms with Gasteiger partial charge in [-0.15, -0.1) is 0 Å². The number of H-pyrrole nitrogens is 2. The Morgan fingerprint density at radius 1 is 0.949 bits per heavy atom. The molecule has 5 aromatic rings. The minimum atomic E-state index is -0.624. The number of aliphatic hydroxyl groups excluding tert-OH is 1. The van der Waals surface area contributed by atoms with Crippen molar-refractivity contribution < 1.29 is 19.7 Å². The highest BCUT2D eigenvalue weighted by Crippen LogP contribution is 2.33. The molecule has 1 atom stereocenters.